The van der Waals surface area contributed by atoms with Crippen molar-refractivity contribution in [1.29, 1.82) is 0 Å². The van der Waals surface area contributed by atoms with Gasteiger partial charge in [-0.2, -0.15) is 0 Å². The number of carbonyl (C=O) groups excluding carboxylic acids is 1. The number of esters is 1. The van der Waals surface area contributed by atoms with Gasteiger partial charge in [-0.3, -0.25) is 0 Å². The quantitative estimate of drug-likeness (QED) is 0.175. The molecule has 0 amide bonds. The van der Waals surface area contributed by atoms with Gasteiger partial charge >= 0.3 is 11.9 Å². The van der Waals surface area contributed by atoms with Crippen LogP contribution in [-0.4, -0.2) is 52.7 Å². The van der Waals surface area contributed by atoms with Gasteiger partial charge in [0.25, 0.3) is 0 Å². The molecule has 2 aromatic rings. The summed E-state index contributed by atoms with van der Waals surface area (Å²) in [5, 5.41) is 39.3. The summed E-state index contributed by atoms with van der Waals surface area (Å²) in [6.07, 6.45) is 7.96. The molecule has 2 aromatic carbocycles. The number of rotatable bonds is 11. The number of phenols is 2. The number of fused-ring (bicyclic) bond motifs is 1. The SMILES string of the molecule is COc1cc(/C=C/C(=O)OC/C(=C/CC[C@H](C)[C@@H]2CC[C@@H](C)c3c(O)cc(C(=O)O)cc32)CO)ccc1O. The summed E-state index contributed by atoms with van der Waals surface area (Å²) in [6.45, 7) is 3.89. The van der Waals surface area contributed by atoms with E-state index in [0.29, 0.717) is 23.3 Å². The molecule has 0 aromatic heterocycles. The van der Waals surface area contributed by atoms with Crippen molar-refractivity contribution in [2.45, 2.75) is 51.4 Å². The van der Waals surface area contributed by atoms with Crippen molar-refractivity contribution in [3.8, 4) is 17.2 Å². The first-order valence-electron chi connectivity index (χ1n) is 12.7. The highest BCUT2D eigenvalue weighted by molar-refractivity contribution is 5.89. The van der Waals surface area contributed by atoms with Gasteiger partial charge in [0.15, 0.2) is 11.5 Å². The standard InChI is InChI=1S/C30H36O8/c1-18(23-10-7-19(2)29-24(23)14-22(30(35)36)15-26(29)33)5-4-6-21(16-31)17-38-28(34)12-9-20-8-11-25(32)27(13-20)37-3/h6,8-9,11-15,18-19,23,31-33H,4-5,7,10,16-17H2,1-3H3,(H,35,36)/b12-9+,21-6+/t18-,19+,23-/m0/s1. The van der Waals surface area contributed by atoms with Crippen molar-refractivity contribution < 1.29 is 39.5 Å². The van der Waals surface area contributed by atoms with E-state index in [1.165, 1.54) is 25.3 Å². The van der Waals surface area contributed by atoms with Crippen LogP contribution in [0.4, 0.5) is 0 Å². The van der Waals surface area contributed by atoms with E-state index >= 15 is 0 Å². The Bertz CT molecular complexity index is 1210. The molecule has 0 unspecified atom stereocenters. The van der Waals surface area contributed by atoms with Crippen molar-refractivity contribution in [1.82, 2.24) is 0 Å². The zero-order valence-corrected chi connectivity index (χ0v) is 22.0. The van der Waals surface area contributed by atoms with Crippen molar-refractivity contribution in [2.24, 2.45) is 5.92 Å². The van der Waals surface area contributed by atoms with Crippen LogP contribution in [-0.2, 0) is 9.53 Å². The van der Waals surface area contributed by atoms with Crippen LogP contribution in [0.5, 0.6) is 17.2 Å². The maximum absolute atomic E-state index is 12.1. The van der Waals surface area contributed by atoms with Crippen LogP contribution in [0, 0.1) is 5.92 Å². The highest BCUT2D eigenvalue weighted by Crippen LogP contribution is 2.47. The second-order valence-corrected chi connectivity index (χ2v) is 9.84. The molecule has 1 aliphatic rings. The van der Waals surface area contributed by atoms with Crippen molar-refractivity contribution in [3.05, 3.63) is 70.3 Å². The number of phenolic OH excluding ortho intramolecular Hbond substituents is 2. The summed E-state index contributed by atoms with van der Waals surface area (Å²) in [5.74, 6) is -0.769. The lowest BCUT2D eigenvalue weighted by atomic mass is 9.71. The summed E-state index contributed by atoms with van der Waals surface area (Å²) in [6, 6.07) is 7.73. The number of methoxy groups -OCH3 is 1. The molecule has 0 aliphatic heterocycles. The van der Waals surface area contributed by atoms with E-state index in [0.717, 1.165) is 30.4 Å². The van der Waals surface area contributed by atoms with Gasteiger partial charge < -0.3 is 29.9 Å². The van der Waals surface area contributed by atoms with Crippen LogP contribution in [0.1, 0.15) is 78.4 Å². The second kappa shape index (κ2) is 13.1. The Balaban J connectivity index is 1.57. The zero-order chi connectivity index (χ0) is 27.8. The number of hydrogen-bond donors (Lipinski definition) is 4. The minimum Gasteiger partial charge on any atom is -0.508 e. The van der Waals surface area contributed by atoms with Gasteiger partial charge in [-0.15, -0.1) is 0 Å². The smallest absolute Gasteiger partial charge is 0.335 e. The first-order valence-corrected chi connectivity index (χ1v) is 12.7. The van der Waals surface area contributed by atoms with Gasteiger partial charge in [0.05, 0.1) is 19.3 Å². The molecule has 3 atom stereocenters. The fraction of sp³-hybridized carbons (Fsp3) is 0.400. The molecule has 0 saturated heterocycles. The van der Waals surface area contributed by atoms with Gasteiger partial charge in [-0.25, -0.2) is 9.59 Å². The molecule has 0 radical (unpaired) electrons. The van der Waals surface area contributed by atoms with Crippen LogP contribution in [0.25, 0.3) is 6.08 Å². The molecule has 0 spiro atoms. The summed E-state index contributed by atoms with van der Waals surface area (Å²) in [5.41, 5.74) is 3.09. The average molecular weight is 525 g/mol. The lowest BCUT2D eigenvalue weighted by molar-refractivity contribution is -0.136. The molecule has 3 rings (SSSR count). The van der Waals surface area contributed by atoms with E-state index in [1.54, 1.807) is 24.3 Å². The van der Waals surface area contributed by atoms with E-state index in [1.807, 2.05) is 13.0 Å². The topological polar surface area (TPSA) is 134 Å². The monoisotopic (exact) mass is 524 g/mol. The fourth-order valence-corrected chi connectivity index (χ4v) is 5.04. The lowest BCUT2D eigenvalue weighted by Crippen LogP contribution is -2.19. The number of carbonyl (C=O) groups is 2. The molecule has 204 valence electrons. The molecule has 38 heavy (non-hydrogen) atoms. The zero-order valence-electron chi connectivity index (χ0n) is 22.0. The van der Waals surface area contributed by atoms with Gasteiger partial charge in [0.1, 0.15) is 12.4 Å². The number of allylic oxidation sites excluding steroid dienone is 1. The summed E-state index contributed by atoms with van der Waals surface area (Å²) >= 11 is 0. The number of aliphatic hydroxyl groups excluding tert-OH is 1. The van der Waals surface area contributed by atoms with Gasteiger partial charge in [0.2, 0.25) is 0 Å². The summed E-state index contributed by atoms with van der Waals surface area (Å²) < 4.78 is 10.3. The maximum atomic E-state index is 12.1. The second-order valence-electron chi connectivity index (χ2n) is 9.84. The molecule has 1 aliphatic carbocycles. The Kier molecular flexibility index (Phi) is 9.96. The van der Waals surface area contributed by atoms with E-state index in [-0.39, 0.29) is 48.0 Å². The summed E-state index contributed by atoms with van der Waals surface area (Å²) in [7, 11) is 1.44. The molecule has 8 heteroatoms. The Labute approximate surface area is 222 Å². The van der Waals surface area contributed by atoms with E-state index in [9.17, 15) is 30.0 Å². The number of hydrogen-bond acceptors (Lipinski definition) is 7. The predicted octanol–water partition coefficient (Wildman–Crippen LogP) is 5.38. The van der Waals surface area contributed by atoms with E-state index < -0.39 is 11.9 Å². The minimum atomic E-state index is -1.06. The number of aromatic hydroxyl groups is 2. The normalized spacial score (nSPS) is 18.2. The molecule has 0 fully saturated rings. The highest BCUT2D eigenvalue weighted by Gasteiger charge is 2.31. The number of carboxylic acids is 1. The van der Waals surface area contributed by atoms with Crippen molar-refractivity contribution in [2.75, 3.05) is 20.3 Å². The van der Waals surface area contributed by atoms with Crippen LogP contribution < -0.4 is 4.74 Å². The minimum absolute atomic E-state index is 0.00434. The average Bonchev–Trinajstić information content (AvgIpc) is 2.89. The summed E-state index contributed by atoms with van der Waals surface area (Å²) in [4.78, 5) is 23.7. The Morgan fingerprint density at radius 3 is 2.58 bits per heavy atom. The van der Waals surface area contributed by atoms with Crippen molar-refractivity contribution in [3.63, 3.8) is 0 Å². The third kappa shape index (κ3) is 7.16. The molecule has 0 bridgehead atoms. The largest absolute Gasteiger partial charge is 0.508 e. The number of aromatic carboxylic acids is 1. The molecular weight excluding hydrogens is 488 g/mol. The third-order valence-electron chi connectivity index (χ3n) is 7.20. The predicted molar refractivity (Wildman–Crippen MR) is 144 cm³/mol. The van der Waals surface area contributed by atoms with Crippen LogP contribution >= 0.6 is 0 Å². The molecule has 0 heterocycles. The Morgan fingerprint density at radius 1 is 1.13 bits per heavy atom. The fourth-order valence-electron chi connectivity index (χ4n) is 5.04. The third-order valence-corrected chi connectivity index (χ3v) is 7.20. The Morgan fingerprint density at radius 2 is 1.89 bits per heavy atom. The molecule has 8 nitrogen and oxygen atoms in total. The number of carboxylic acid groups (broad SMARTS) is 1. The lowest BCUT2D eigenvalue weighted by Gasteiger charge is -2.34. The van der Waals surface area contributed by atoms with Crippen LogP contribution in [0.2, 0.25) is 0 Å². The van der Waals surface area contributed by atoms with Gasteiger partial charge in [-0.1, -0.05) is 26.0 Å². The number of aliphatic hydroxyl groups is 1. The molecule has 4 N–H and O–H groups in total. The van der Waals surface area contributed by atoms with E-state index in [4.69, 9.17) is 9.47 Å². The Hall–Kier alpha value is -3.78. The van der Waals surface area contributed by atoms with E-state index in [2.05, 4.69) is 6.92 Å². The van der Waals surface area contributed by atoms with Crippen LogP contribution in [0.15, 0.2) is 48.1 Å². The van der Waals surface area contributed by atoms with Crippen molar-refractivity contribution >= 4 is 18.0 Å². The van der Waals surface area contributed by atoms with Gasteiger partial charge in [0, 0.05) is 11.6 Å². The first-order chi connectivity index (χ1) is 18.1. The number of benzene rings is 2. The van der Waals surface area contributed by atoms with Crippen LogP contribution in [0.3, 0.4) is 0 Å². The first kappa shape index (κ1) is 28.8. The highest BCUT2D eigenvalue weighted by atomic mass is 16.5. The number of ether oxygens (including phenoxy) is 2. The molecule has 0 saturated carbocycles. The molecular formula is C30H36O8. The maximum Gasteiger partial charge on any atom is 0.335 e. The van der Waals surface area contributed by atoms with Gasteiger partial charge in [-0.05, 0) is 90.5 Å².